The van der Waals surface area contributed by atoms with Crippen molar-refractivity contribution in [3.8, 4) is 0 Å². The number of hydrogen-bond acceptors (Lipinski definition) is 4. The summed E-state index contributed by atoms with van der Waals surface area (Å²) in [6.07, 6.45) is 6.11. The molecule has 0 spiro atoms. The fourth-order valence-corrected chi connectivity index (χ4v) is 1.75. The van der Waals surface area contributed by atoms with Crippen LogP contribution >= 0.6 is 0 Å². The molecular weight excluding hydrogens is 190 g/mol. The Morgan fingerprint density at radius 1 is 1.33 bits per heavy atom. The van der Waals surface area contributed by atoms with E-state index in [1.807, 2.05) is 6.07 Å². The van der Waals surface area contributed by atoms with Crippen LogP contribution in [-0.4, -0.2) is 41.1 Å². The molecule has 0 aliphatic carbocycles. The number of aromatic nitrogens is 2. The van der Waals surface area contributed by atoms with Crippen molar-refractivity contribution in [1.29, 1.82) is 0 Å². The molecule has 1 saturated heterocycles. The van der Waals surface area contributed by atoms with E-state index >= 15 is 0 Å². The zero-order valence-corrected chi connectivity index (χ0v) is 9.09. The van der Waals surface area contributed by atoms with E-state index in [1.165, 1.54) is 0 Å². The van der Waals surface area contributed by atoms with Crippen molar-refractivity contribution >= 4 is 0 Å². The second kappa shape index (κ2) is 5.19. The Labute approximate surface area is 90.3 Å². The van der Waals surface area contributed by atoms with Crippen molar-refractivity contribution < 1.29 is 4.74 Å². The van der Waals surface area contributed by atoms with Gasteiger partial charge in [0.2, 0.25) is 0 Å². The maximum absolute atomic E-state index is 5.77. The van der Waals surface area contributed by atoms with Crippen molar-refractivity contribution in [3.63, 3.8) is 0 Å². The lowest BCUT2D eigenvalue weighted by molar-refractivity contribution is -0.000762. The van der Waals surface area contributed by atoms with E-state index in [-0.39, 0.29) is 0 Å². The Kier molecular flexibility index (Phi) is 3.64. The average Bonchev–Trinajstić information content (AvgIpc) is 2.30. The molecule has 0 N–H and O–H groups in total. The van der Waals surface area contributed by atoms with Crippen LogP contribution in [0.3, 0.4) is 0 Å². The van der Waals surface area contributed by atoms with E-state index in [0.29, 0.717) is 12.7 Å². The van der Waals surface area contributed by atoms with E-state index < -0.39 is 0 Å². The van der Waals surface area contributed by atoms with Crippen LogP contribution in [0.1, 0.15) is 18.7 Å². The highest BCUT2D eigenvalue weighted by Gasteiger charge is 2.17. The van der Waals surface area contributed by atoms with Crippen LogP contribution in [0.5, 0.6) is 0 Å². The van der Waals surface area contributed by atoms with E-state index in [2.05, 4.69) is 21.9 Å². The van der Waals surface area contributed by atoms with Crippen molar-refractivity contribution in [3.05, 3.63) is 24.3 Å². The predicted molar refractivity (Wildman–Crippen MR) is 57.3 cm³/mol. The van der Waals surface area contributed by atoms with E-state index in [4.69, 9.17) is 4.74 Å². The third-order valence-electron chi connectivity index (χ3n) is 2.73. The zero-order valence-electron chi connectivity index (χ0n) is 9.09. The minimum absolute atomic E-state index is 0.380. The molecule has 4 heteroatoms. The summed E-state index contributed by atoms with van der Waals surface area (Å²) < 4.78 is 5.77. The zero-order chi connectivity index (χ0) is 10.5. The number of rotatable bonds is 3. The van der Waals surface area contributed by atoms with Crippen molar-refractivity contribution in [1.82, 2.24) is 14.9 Å². The van der Waals surface area contributed by atoms with Crippen molar-refractivity contribution in [2.24, 2.45) is 0 Å². The SMILES string of the molecule is CN1CCC(OCc2ncccn2)CC1. The molecule has 1 aromatic heterocycles. The Morgan fingerprint density at radius 2 is 2.00 bits per heavy atom. The summed E-state index contributed by atoms with van der Waals surface area (Å²) in [4.78, 5) is 10.6. The number of hydrogen-bond donors (Lipinski definition) is 0. The van der Waals surface area contributed by atoms with Crippen LogP contribution in [-0.2, 0) is 11.3 Å². The summed E-state index contributed by atoms with van der Waals surface area (Å²) in [5.41, 5.74) is 0. The molecule has 0 saturated carbocycles. The van der Waals surface area contributed by atoms with Gasteiger partial charge in [0.1, 0.15) is 6.61 Å². The number of likely N-dealkylation sites (tertiary alicyclic amines) is 1. The standard InChI is InChI=1S/C11H17N3O/c1-14-7-3-10(4-8-14)15-9-11-12-5-2-6-13-11/h2,5-6,10H,3-4,7-9H2,1H3. The van der Waals surface area contributed by atoms with Crippen LogP contribution in [0, 0.1) is 0 Å². The summed E-state index contributed by atoms with van der Waals surface area (Å²) in [6.45, 7) is 2.79. The molecule has 0 bridgehead atoms. The smallest absolute Gasteiger partial charge is 0.153 e. The molecule has 1 aromatic rings. The second-order valence-electron chi connectivity index (χ2n) is 3.98. The predicted octanol–water partition coefficient (Wildman–Crippen LogP) is 1.09. The third kappa shape index (κ3) is 3.25. The molecule has 2 rings (SSSR count). The second-order valence-corrected chi connectivity index (χ2v) is 3.98. The highest BCUT2D eigenvalue weighted by molar-refractivity contribution is 4.86. The van der Waals surface area contributed by atoms with Gasteiger partial charge >= 0.3 is 0 Å². The van der Waals surface area contributed by atoms with Gasteiger partial charge in [0, 0.05) is 25.5 Å². The number of piperidine rings is 1. The van der Waals surface area contributed by atoms with Gasteiger partial charge in [-0.2, -0.15) is 0 Å². The van der Waals surface area contributed by atoms with E-state index in [0.717, 1.165) is 31.8 Å². The lowest BCUT2D eigenvalue weighted by atomic mass is 10.1. The van der Waals surface area contributed by atoms with Crippen LogP contribution in [0.15, 0.2) is 18.5 Å². The topological polar surface area (TPSA) is 38.2 Å². The fraction of sp³-hybridized carbons (Fsp3) is 0.636. The average molecular weight is 207 g/mol. The molecule has 82 valence electrons. The first-order valence-corrected chi connectivity index (χ1v) is 5.40. The largest absolute Gasteiger partial charge is 0.370 e. The minimum atomic E-state index is 0.380. The molecule has 0 aromatic carbocycles. The van der Waals surface area contributed by atoms with Gasteiger partial charge < -0.3 is 9.64 Å². The van der Waals surface area contributed by atoms with Crippen molar-refractivity contribution in [2.45, 2.75) is 25.6 Å². The highest BCUT2D eigenvalue weighted by atomic mass is 16.5. The molecule has 4 nitrogen and oxygen atoms in total. The van der Waals surface area contributed by atoms with E-state index in [9.17, 15) is 0 Å². The maximum Gasteiger partial charge on any atom is 0.153 e. The number of nitrogens with zero attached hydrogens (tertiary/aromatic N) is 3. The van der Waals surface area contributed by atoms with Crippen molar-refractivity contribution in [2.75, 3.05) is 20.1 Å². The highest BCUT2D eigenvalue weighted by Crippen LogP contribution is 2.13. The molecular formula is C11H17N3O. The van der Waals surface area contributed by atoms with Crippen LogP contribution in [0.2, 0.25) is 0 Å². The van der Waals surface area contributed by atoms with Gasteiger partial charge in [-0.15, -0.1) is 0 Å². The summed E-state index contributed by atoms with van der Waals surface area (Å²) >= 11 is 0. The van der Waals surface area contributed by atoms with Crippen LogP contribution in [0.4, 0.5) is 0 Å². The molecule has 1 aliphatic rings. The van der Waals surface area contributed by atoms with Crippen LogP contribution in [0.25, 0.3) is 0 Å². The molecule has 15 heavy (non-hydrogen) atoms. The third-order valence-corrected chi connectivity index (χ3v) is 2.73. The molecule has 0 atom stereocenters. The molecule has 0 amide bonds. The fourth-order valence-electron chi connectivity index (χ4n) is 1.75. The molecule has 2 heterocycles. The van der Waals surface area contributed by atoms with Gasteiger partial charge in [0.15, 0.2) is 5.82 Å². The minimum Gasteiger partial charge on any atom is -0.370 e. The molecule has 1 fully saturated rings. The molecule has 1 aliphatic heterocycles. The quantitative estimate of drug-likeness (QED) is 0.743. The van der Waals surface area contributed by atoms with Gasteiger partial charge in [-0.1, -0.05) is 0 Å². The Bertz CT molecular complexity index is 283. The molecule has 0 unspecified atom stereocenters. The Morgan fingerprint density at radius 3 is 2.67 bits per heavy atom. The first-order valence-electron chi connectivity index (χ1n) is 5.40. The summed E-state index contributed by atoms with van der Waals surface area (Å²) in [5, 5.41) is 0. The summed E-state index contributed by atoms with van der Waals surface area (Å²) in [5.74, 6) is 0.774. The lowest BCUT2D eigenvalue weighted by Crippen LogP contribution is -2.34. The van der Waals surface area contributed by atoms with E-state index in [1.54, 1.807) is 12.4 Å². The monoisotopic (exact) mass is 207 g/mol. The summed E-state index contributed by atoms with van der Waals surface area (Å²) in [6, 6.07) is 1.82. The Hall–Kier alpha value is -1.00. The van der Waals surface area contributed by atoms with Gasteiger partial charge in [-0.05, 0) is 26.0 Å². The van der Waals surface area contributed by atoms with Gasteiger partial charge in [-0.25, -0.2) is 9.97 Å². The first kappa shape index (κ1) is 10.5. The van der Waals surface area contributed by atoms with Gasteiger partial charge in [0.25, 0.3) is 0 Å². The molecule has 0 radical (unpaired) electrons. The first-order chi connectivity index (χ1) is 7.34. The van der Waals surface area contributed by atoms with Gasteiger partial charge in [0.05, 0.1) is 6.10 Å². The summed E-state index contributed by atoms with van der Waals surface area (Å²) in [7, 11) is 2.15. The number of ether oxygens (including phenoxy) is 1. The lowest BCUT2D eigenvalue weighted by Gasteiger charge is -2.28. The van der Waals surface area contributed by atoms with Gasteiger partial charge in [-0.3, -0.25) is 0 Å². The van der Waals surface area contributed by atoms with Crippen LogP contribution < -0.4 is 0 Å². The maximum atomic E-state index is 5.77. The Balaban J connectivity index is 1.74. The normalized spacial score (nSPS) is 19.3.